The van der Waals surface area contributed by atoms with Gasteiger partial charge in [-0.2, -0.15) is 5.10 Å². The van der Waals surface area contributed by atoms with Crippen LogP contribution in [-0.4, -0.2) is 15.6 Å². The fourth-order valence-corrected chi connectivity index (χ4v) is 1.74. The number of nitrogens with zero attached hydrogens (tertiary/aromatic N) is 2. The third-order valence-electron chi connectivity index (χ3n) is 2.77. The van der Waals surface area contributed by atoms with E-state index in [-0.39, 0.29) is 5.78 Å². The van der Waals surface area contributed by atoms with Crippen molar-refractivity contribution in [1.82, 2.24) is 9.78 Å². The fraction of sp³-hybridized carbons (Fsp3) is 0.286. The second-order valence-corrected chi connectivity index (χ2v) is 4.31. The van der Waals surface area contributed by atoms with Gasteiger partial charge in [0, 0.05) is 25.2 Å². The molecule has 0 aliphatic carbocycles. The van der Waals surface area contributed by atoms with Crippen molar-refractivity contribution in [2.75, 3.05) is 0 Å². The van der Waals surface area contributed by atoms with E-state index in [1.54, 1.807) is 4.68 Å². The number of carbonyl (C=O) groups is 1. The molecule has 0 amide bonds. The van der Waals surface area contributed by atoms with Crippen LogP contribution in [0.1, 0.15) is 27.9 Å². The van der Waals surface area contributed by atoms with E-state index in [1.807, 2.05) is 50.6 Å². The number of hydrogen-bond donors (Lipinski definition) is 0. The number of ketones is 1. The number of rotatable bonds is 4. The van der Waals surface area contributed by atoms with Crippen molar-refractivity contribution in [3.63, 3.8) is 0 Å². The highest BCUT2D eigenvalue weighted by Crippen LogP contribution is 2.09. The van der Waals surface area contributed by atoms with Crippen molar-refractivity contribution in [3.05, 3.63) is 53.3 Å². The van der Waals surface area contributed by atoms with Gasteiger partial charge in [0.1, 0.15) is 0 Å². The Labute approximate surface area is 101 Å². The van der Waals surface area contributed by atoms with Gasteiger partial charge in [-0.15, -0.1) is 0 Å². The zero-order chi connectivity index (χ0) is 12.3. The molecular formula is C14H16N2O. The Morgan fingerprint density at radius 1 is 1.29 bits per heavy atom. The summed E-state index contributed by atoms with van der Waals surface area (Å²) >= 11 is 0. The maximum atomic E-state index is 11.9. The third kappa shape index (κ3) is 3.03. The first kappa shape index (κ1) is 11.6. The average molecular weight is 228 g/mol. The molecule has 0 aliphatic rings. The van der Waals surface area contributed by atoms with Crippen LogP contribution >= 0.6 is 0 Å². The van der Waals surface area contributed by atoms with E-state index in [4.69, 9.17) is 0 Å². The van der Waals surface area contributed by atoms with Crippen LogP contribution in [0, 0.1) is 6.92 Å². The van der Waals surface area contributed by atoms with E-state index < -0.39 is 0 Å². The molecule has 3 heteroatoms. The standard InChI is InChI=1S/C14H16N2O/c1-11-3-6-13(7-4-11)14(17)8-5-12-9-15-16(2)10-12/h3-4,6-7,9-10H,5,8H2,1-2H3. The first-order valence-corrected chi connectivity index (χ1v) is 5.72. The molecule has 0 saturated carbocycles. The summed E-state index contributed by atoms with van der Waals surface area (Å²) in [5.74, 6) is 0.189. The predicted octanol–water partition coefficient (Wildman–Crippen LogP) is 2.54. The summed E-state index contributed by atoms with van der Waals surface area (Å²) in [6, 6.07) is 7.72. The molecule has 88 valence electrons. The maximum absolute atomic E-state index is 11.9. The minimum Gasteiger partial charge on any atom is -0.294 e. The lowest BCUT2D eigenvalue weighted by Gasteiger charge is -2.00. The van der Waals surface area contributed by atoms with Crippen LogP contribution in [0.4, 0.5) is 0 Å². The number of aryl methyl sites for hydroxylation is 3. The van der Waals surface area contributed by atoms with E-state index in [9.17, 15) is 4.79 Å². The molecule has 2 aromatic rings. The second kappa shape index (κ2) is 4.95. The maximum Gasteiger partial charge on any atom is 0.163 e. The van der Waals surface area contributed by atoms with E-state index in [2.05, 4.69) is 5.10 Å². The third-order valence-corrected chi connectivity index (χ3v) is 2.77. The van der Waals surface area contributed by atoms with Crippen molar-refractivity contribution < 1.29 is 4.79 Å². The minimum atomic E-state index is 0.189. The second-order valence-electron chi connectivity index (χ2n) is 4.31. The SMILES string of the molecule is Cc1ccc(C(=O)CCc2cnn(C)c2)cc1. The number of hydrogen-bond acceptors (Lipinski definition) is 2. The van der Waals surface area contributed by atoms with Crippen molar-refractivity contribution in [3.8, 4) is 0 Å². The Hall–Kier alpha value is -1.90. The summed E-state index contributed by atoms with van der Waals surface area (Å²) in [5, 5.41) is 4.08. The van der Waals surface area contributed by atoms with Crippen LogP contribution < -0.4 is 0 Å². The van der Waals surface area contributed by atoms with E-state index >= 15 is 0 Å². The molecule has 0 N–H and O–H groups in total. The smallest absolute Gasteiger partial charge is 0.163 e. The van der Waals surface area contributed by atoms with Crippen LogP contribution in [0.2, 0.25) is 0 Å². The average Bonchev–Trinajstić information content (AvgIpc) is 2.73. The van der Waals surface area contributed by atoms with Gasteiger partial charge in [-0.25, -0.2) is 0 Å². The fourth-order valence-electron chi connectivity index (χ4n) is 1.74. The molecule has 17 heavy (non-hydrogen) atoms. The van der Waals surface area contributed by atoms with E-state index in [0.717, 1.165) is 17.5 Å². The number of carbonyl (C=O) groups excluding carboxylic acids is 1. The summed E-state index contributed by atoms with van der Waals surface area (Å²) in [6.07, 6.45) is 5.04. The molecule has 0 bridgehead atoms. The minimum absolute atomic E-state index is 0.189. The molecule has 0 atom stereocenters. The molecule has 3 nitrogen and oxygen atoms in total. The molecule has 1 aromatic carbocycles. The van der Waals surface area contributed by atoms with Crippen LogP contribution in [0.3, 0.4) is 0 Å². The van der Waals surface area contributed by atoms with Gasteiger partial charge in [0.15, 0.2) is 5.78 Å². The summed E-state index contributed by atoms with van der Waals surface area (Å²) in [6.45, 7) is 2.02. The number of benzene rings is 1. The van der Waals surface area contributed by atoms with E-state index in [0.29, 0.717) is 6.42 Å². The lowest BCUT2D eigenvalue weighted by atomic mass is 10.0. The highest BCUT2D eigenvalue weighted by molar-refractivity contribution is 5.96. The predicted molar refractivity (Wildman–Crippen MR) is 67.0 cm³/mol. The highest BCUT2D eigenvalue weighted by atomic mass is 16.1. The Kier molecular flexibility index (Phi) is 3.38. The first-order valence-electron chi connectivity index (χ1n) is 5.72. The quantitative estimate of drug-likeness (QED) is 0.754. The Balaban J connectivity index is 1.95. The molecule has 1 aromatic heterocycles. The largest absolute Gasteiger partial charge is 0.294 e. The van der Waals surface area contributed by atoms with Gasteiger partial charge < -0.3 is 0 Å². The molecule has 0 aliphatic heterocycles. The van der Waals surface area contributed by atoms with Gasteiger partial charge in [-0.3, -0.25) is 9.48 Å². The molecule has 0 saturated heterocycles. The van der Waals surface area contributed by atoms with Gasteiger partial charge in [-0.1, -0.05) is 29.8 Å². The van der Waals surface area contributed by atoms with Gasteiger partial charge in [0.25, 0.3) is 0 Å². The molecule has 0 unspecified atom stereocenters. The Bertz CT molecular complexity index is 511. The van der Waals surface area contributed by atoms with E-state index in [1.165, 1.54) is 5.56 Å². The van der Waals surface area contributed by atoms with Gasteiger partial charge in [-0.05, 0) is 18.9 Å². The number of Topliss-reactive ketones (excluding diaryl/α,β-unsaturated/α-hetero) is 1. The summed E-state index contributed by atoms with van der Waals surface area (Å²) in [4.78, 5) is 11.9. The molecule has 0 spiro atoms. The molecule has 2 rings (SSSR count). The Morgan fingerprint density at radius 3 is 2.59 bits per heavy atom. The van der Waals surface area contributed by atoms with Crippen molar-refractivity contribution in [1.29, 1.82) is 0 Å². The zero-order valence-corrected chi connectivity index (χ0v) is 10.2. The van der Waals surface area contributed by atoms with Gasteiger partial charge in [0.05, 0.1) is 6.20 Å². The molecule has 0 radical (unpaired) electrons. The highest BCUT2D eigenvalue weighted by Gasteiger charge is 2.06. The van der Waals surface area contributed by atoms with Gasteiger partial charge >= 0.3 is 0 Å². The molecular weight excluding hydrogens is 212 g/mol. The Morgan fingerprint density at radius 2 is 2.00 bits per heavy atom. The molecule has 1 heterocycles. The summed E-state index contributed by atoms with van der Waals surface area (Å²) in [5.41, 5.74) is 3.07. The van der Waals surface area contributed by atoms with Gasteiger partial charge in [0.2, 0.25) is 0 Å². The van der Waals surface area contributed by atoms with Crippen LogP contribution in [0.15, 0.2) is 36.7 Å². The van der Waals surface area contributed by atoms with Crippen molar-refractivity contribution in [2.45, 2.75) is 19.8 Å². The number of aromatic nitrogens is 2. The molecule has 0 fully saturated rings. The normalized spacial score (nSPS) is 10.5. The first-order chi connectivity index (χ1) is 8.15. The van der Waals surface area contributed by atoms with Crippen LogP contribution in [0.5, 0.6) is 0 Å². The lowest BCUT2D eigenvalue weighted by Crippen LogP contribution is -2.00. The van der Waals surface area contributed by atoms with Crippen LogP contribution in [-0.2, 0) is 13.5 Å². The summed E-state index contributed by atoms with van der Waals surface area (Å²) in [7, 11) is 1.88. The monoisotopic (exact) mass is 228 g/mol. The van der Waals surface area contributed by atoms with Crippen LogP contribution in [0.25, 0.3) is 0 Å². The lowest BCUT2D eigenvalue weighted by molar-refractivity contribution is 0.0983. The topological polar surface area (TPSA) is 34.9 Å². The van der Waals surface area contributed by atoms with Crippen molar-refractivity contribution >= 4 is 5.78 Å². The zero-order valence-electron chi connectivity index (χ0n) is 10.2. The van der Waals surface area contributed by atoms with Crippen molar-refractivity contribution in [2.24, 2.45) is 7.05 Å². The summed E-state index contributed by atoms with van der Waals surface area (Å²) < 4.78 is 1.76.